The zero-order valence-corrected chi connectivity index (χ0v) is 11.8. The van der Waals surface area contributed by atoms with Gasteiger partial charge >= 0.3 is 11.9 Å². The first-order chi connectivity index (χ1) is 9.41. The Balaban J connectivity index is 3.28. The van der Waals surface area contributed by atoms with Gasteiger partial charge in [-0.2, -0.15) is 0 Å². The Kier molecular flexibility index (Phi) is 5.47. The monoisotopic (exact) mass is 284 g/mol. The minimum Gasteiger partial charge on any atom is -0.480 e. The number of rotatable bonds is 7. The normalized spacial score (nSPS) is 25.6. The highest BCUT2D eigenvalue weighted by Crippen LogP contribution is 2.42. The van der Waals surface area contributed by atoms with E-state index < -0.39 is 29.6 Å². The third kappa shape index (κ3) is 2.76. The second kappa shape index (κ2) is 6.67. The van der Waals surface area contributed by atoms with Gasteiger partial charge in [0.1, 0.15) is 5.41 Å². The van der Waals surface area contributed by atoms with Gasteiger partial charge in [0, 0.05) is 24.7 Å². The van der Waals surface area contributed by atoms with Crippen molar-refractivity contribution in [3.8, 4) is 0 Å². The van der Waals surface area contributed by atoms with Crippen LogP contribution in [0.4, 0.5) is 0 Å². The lowest BCUT2D eigenvalue weighted by atomic mass is 9.69. The van der Waals surface area contributed by atoms with E-state index >= 15 is 0 Å². The van der Waals surface area contributed by atoms with Crippen LogP contribution in [0.25, 0.3) is 0 Å². The van der Waals surface area contributed by atoms with Gasteiger partial charge < -0.3 is 19.7 Å². The molecule has 0 fully saturated rings. The van der Waals surface area contributed by atoms with Gasteiger partial charge in [-0.15, -0.1) is 0 Å². The van der Waals surface area contributed by atoms with Gasteiger partial charge in [-0.1, -0.05) is 25.2 Å². The van der Waals surface area contributed by atoms with Crippen molar-refractivity contribution in [3.05, 3.63) is 23.8 Å². The first kappa shape index (κ1) is 16.4. The number of hydrogen-bond donors (Lipinski definition) is 2. The van der Waals surface area contributed by atoms with Gasteiger partial charge in [0.2, 0.25) is 0 Å². The molecule has 1 aliphatic carbocycles. The summed E-state index contributed by atoms with van der Waals surface area (Å²) in [6.07, 6.45) is 3.25. The molecule has 6 heteroatoms. The number of hydrogen-bond acceptors (Lipinski definition) is 4. The van der Waals surface area contributed by atoms with Crippen molar-refractivity contribution in [1.82, 2.24) is 0 Å². The van der Waals surface area contributed by atoms with Crippen LogP contribution in [-0.2, 0) is 19.1 Å². The van der Waals surface area contributed by atoms with E-state index in [1.165, 1.54) is 18.2 Å². The number of ether oxygens (including phenoxy) is 2. The molecule has 2 atom stereocenters. The van der Waals surface area contributed by atoms with Crippen molar-refractivity contribution >= 4 is 11.9 Å². The second-order valence-electron chi connectivity index (χ2n) is 4.49. The molecule has 0 spiro atoms. The maximum atomic E-state index is 11.8. The average molecular weight is 284 g/mol. The Bertz CT molecular complexity index is 433. The van der Waals surface area contributed by atoms with Gasteiger partial charge in [-0.05, 0) is 13.8 Å². The van der Waals surface area contributed by atoms with Crippen LogP contribution in [0.15, 0.2) is 23.8 Å². The fourth-order valence-electron chi connectivity index (χ4n) is 2.38. The van der Waals surface area contributed by atoms with Gasteiger partial charge in [0.15, 0.2) is 6.29 Å². The Morgan fingerprint density at radius 3 is 2.25 bits per heavy atom. The van der Waals surface area contributed by atoms with Crippen molar-refractivity contribution in [1.29, 1.82) is 0 Å². The summed E-state index contributed by atoms with van der Waals surface area (Å²) in [6.45, 7) is 5.56. The van der Waals surface area contributed by atoms with Crippen LogP contribution in [0.2, 0.25) is 0 Å². The van der Waals surface area contributed by atoms with E-state index in [0.29, 0.717) is 0 Å². The molecule has 0 heterocycles. The minimum absolute atomic E-state index is 0.0271. The molecule has 0 aromatic rings. The van der Waals surface area contributed by atoms with Gasteiger partial charge in [0.25, 0.3) is 0 Å². The summed E-state index contributed by atoms with van der Waals surface area (Å²) in [7, 11) is 0. The fourth-order valence-corrected chi connectivity index (χ4v) is 2.38. The number of allylic oxidation sites excluding steroid dienone is 2. The molecule has 1 rings (SSSR count). The zero-order chi connectivity index (χ0) is 15.3. The van der Waals surface area contributed by atoms with Crippen LogP contribution < -0.4 is 0 Å². The Morgan fingerprint density at radius 1 is 1.30 bits per heavy atom. The molecule has 1 aliphatic rings. The quantitative estimate of drug-likeness (QED) is 0.691. The first-order valence-corrected chi connectivity index (χ1v) is 6.51. The third-order valence-electron chi connectivity index (χ3n) is 3.47. The highest BCUT2D eigenvalue weighted by Gasteiger charge is 2.53. The Morgan fingerprint density at radius 2 is 1.85 bits per heavy atom. The van der Waals surface area contributed by atoms with Crippen LogP contribution in [0.1, 0.15) is 20.8 Å². The van der Waals surface area contributed by atoms with E-state index in [0.717, 1.165) is 0 Å². The molecule has 20 heavy (non-hydrogen) atoms. The van der Waals surface area contributed by atoms with Crippen LogP contribution >= 0.6 is 0 Å². The predicted molar refractivity (Wildman–Crippen MR) is 71.1 cm³/mol. The molecule has 0 radical (unpaired) electrons. The van der Waals surface area contributed by atoms with E-state index in [1.54, 1.807) is 20.8 Å². The van der Waals surface area contributed by atoms with Crippen LogP contribution in [-0.4, -0.2) is 41.7 Å². The Labute approximate surface area is 117 Å². The fraction of sp³-hybridized carbons (Fsp3) is 0.571. The van der Waals surface area contributed by atoms with Crippen LogP contribution in [0.5, 0.6) is 0 Å². The molecule has 0 aromatic carbocycles. The summed E-state index contributed by atoms with van der Waals surface area (Å²) in [5.41, 5.74) is -1.52. The minimum atomic E-state index is -1.55. The highest BCUT2D eigenvalue weighted by atomic mass is 16.7. The van der Waals surface area contributed by atoms with Crippen molar-refractivity contribution in [2.45, 2.75) is 27.1 Å². The lowest BCUT2D eigenvalue weighted by Gasteiger charge is -2.40. The van der Waals surface area contributed by atoms with Gasteiger partial charge in [-0.3, -0.25) is 4.79 Å². The maximum absolute atomic E-state index is 11.8. The maximum Gasteiger partial charge on any atom is 0.331 e. The van der Waals surface area contributed by atoms with Crippen molar-refractivity contribution in [2.75, 3.05) is 13.2 Å². The second-order valence-corrected chi connectivity index (χ2v) is 4.49. The molecule has 6 nitrogen and oxygen atoms in total. The molecule has 2 unspecified atom stereocenters. The van der Waals surface area contributed by atoms with Crippen LogP contribution in [0.3, 0.4) is 0 Å². The lowest BCUT2D eigenvalue weighted by molar-refractivity contribution is -0.211. The largest absolute Gasteiger partial charge is 0.480 e. The predicted octanol–water partition coefficient (Wildman–Crippen LogP) is 1.67. The summed E-state index contributed by atoms with van der Waals surface area (Å²) in [5, 5.41) is 18.8. The molecule has 0 saturated heterocycles. The van der Waals surface area contributed by atoms with Crippen LogP contribution in [0, 0.1) is 11.3 Å². The van der Waals surface area contributed by atoms with E-state index in [2.05, 4.69) is 0 Å². The van der Waals surface area contributed by atoms with E-state index in [4.69, 9.17) is 9.47 Å². The average Bonchev–Trinajstić information content (AvgIpc) is 2.38. The van der Waals surface area contributed by atoms with Gasteiger partial charge in [-0.25, -0.2) is 4.79 Å². The smallest absolute Gasteiger partial charge is 0.331 e. The summed E-state index contributed by atoms with van der Waals surface area (Å²) >= 11 is 0. The number of carboxylic acid groups (broad SMARTS) is 2. The molecule has 0 aromatic heterocycles. The summed E-state index contributed by atoms with van der Waals surface area (Å²) in [4.78, 5) is 23.1. The molecule has 2 N–H and O–H groups in total. The standard InChI is InChI=1S/C14H20O6/c1-4-19-13(20-5-2)14(12(17)18)8-6-7-10(9(14)3)11(15)16/h6-9,13H,4-5H2,1-3H3,(H,15,16)(H,17,18). The van der Waals surface area contributed by atoms with E-state index in [-0.39, 0.29) is 18.8 Å². The first-order valence-electron chi connectivity index (χ1n) is 6.51. The molecule has 0 saturated carbocycles. The topological polar surface area (TPSA) is 93.1 Å². The SMILES string of the molecule is CCOC(OCC)C1(C(=O)O)C=CC=C(C(=O)O)C1C. The summed E-state index contributed by atoms with van der Waals surface area (Å²) in [6, 6.07) is 0. The van der Waals surface area contributed by atoms with E-state index in [9.17, 15) is 19.8 Å². The zero-order valence-electron chi connectivity index (χ0n) is 11.8. The summed E-state index contributed by atoms with van der Waals surface area (Å²) < 4.78 is 10.8. The van der Waals surface area contributed by atoms with Crippen molar-refractivity contribution < 1.29 is 29.3 Å². The Hall–Kier alpha value is -1.66. The van der Waals surface area contributed by atoms with E-state index in [1.807, 2.05) is 0 Å². The molecule has 0 bridgehead atoms. The molecular formula is C14H20O6. The lowest BCUT2D eigenvalue weighted by Crippen LogP contribution is -2.50. The van der Waals surface area contributed by atoms with Gasteiger partial charge in [0.05, 0.1) is 0 Å². The number of aliphatic carboxylic acids is 2. The highest BCUT2D eigenvalue weighted by molar-refractivity contribution is 5.91. The number of carboxylic acids is 2. The third-order valence-corrected chi connectivity index (χ3v) is 3.47. The molecule has 0 aliphatic heterocycles. The summed E-state index contributed by atoms with van der Waals surface area (Å²) in [5.74, 6) is -3.08. The van der Waals surface area contributed by atoms with Crippen molar-refractivity contribution in [3.63, 3.8) is 0 Å². The van der Waals surface area contributed by atoms with Crippen molar-refractivity contribution in [2.24, 2.45) is 11.3 Å². The number of carbonyl (C=O) groups is 2. The molecular weight excluding hydrogens is 264 g/mol. The molecule has 112 valence electrons. The molecule has 0 amide bonds.